The number of para-hydroxylation sites is 2. The maximum atomic E-state index is 14.0. The van der Waals surface area contributed by atoms with Gasteiger partial charge in [-0.1, -0.05) is 12.1 Å². The Balaban J connectivity index is 1.49. The topological polar surface area (TPSA) is 115 Å². The molecule has 10 nitrogen and oxygen atoms in total. The number of hydrogen-bond acceptors (Lipinski definition) is 7. The van der Waals surface area contributed by atoms with Crippen molar-refractivity contribution in [1.29, 1.82) is 0 Å². The molecule has 0 spiro atoms. The third kappa shape index (κ3) is 5.11. The van der Waals surface area contributed by atoms with E-state index in [-0.39, 0.29) is 23.8 Å². The van der Waals surface area contributed by atoms with E-state index in [0.717, 1.165) is 0 Å². The number of imidazole rings is 1. The summed E-state index contributed by atoms with van der Waals surface area (Å²) < 4.78 is 40.9. The van der Waals surface area contributed by atoms with Crippen molar-refractivity contribution in [3.63, 3.8) is 0 Å². The van der Waals surface area contributed by atoms with Crippen molar-refractivity contribution < 1.29 is 28.2 Å². The fraction of sp³-hybridized carbons (Fsp3) is 0.478. The molecule has 2 aliphatic rings. The van der Waals surface area contributed by atoms with E-state index in [4.69, 9.17) is 14.6 Å². The van der Waals surface area contributed by atoms with E-state index in [1.165, 1.54) is 4.57 Å². The Kier molecular flexibility index (Phi) is 6.62. The lowest BCUT2D eigenvalue weighted by Crippen LogP contribution is -2.39. The number of anilines is 1. The Morgan fingerprint density at radius 3 is 2.57 bits per heavy atom. The Morgan fingerprint density at radius 2 is 1.86 bits per heavy atom. The van der Waals surface area contributed by atoms with Gasteiger partial charge in [0.1, 0.15) is 11.9 Å². The Bertz CT molecular complexity index is 1190. The van der Waals surface area contributed by atoms with Gasteiger partial charge in [0.2, 0.25) is 11.8 Å². The second-order valence-corrected chi connectivity index (χ2v) is 8.60. The van der Waals surface area contributed by atoms with Gasteiger partial charge in [-0.2, -0.15) is 9.97 Å². The highest BCUT2D eigenvalue weighted by Gasteiger charge is 2.27. The summed E-state index contributed by atoms with van der Waals surface area (Å²) in [7, 11) is 0. The quantitative estimate of drug-likeness (QED) is 0.542. The third-order valence-corrected chi connectivity index (χ3v) is 6.27. The number of benzene rings is 1. The number of hydrogen-bond donors (Lipinski definition) is 2. The van der Waals surface area contributed by atoms with E-state index in [0.29, 0.717) is 69.0 Å². The molecule has 1 aromatic carbocycles. The highest BCUT2D eigenvalue weighted by Crippen LogP contribution is 2.31. The first-order valence-electron chi connectivity index (χ1n) is 11.6. The zero-order valence-electron chi connectivity index (χ0n) is 18.9. The van der Waals surface area contributed by atoms with Gasteiger partial charge in [-0.05, 0) is 37.8 Å². The van der Waals surface area contributed by atoms with Crippen molar-refractivity contribution >= 4 is 23.1 Å². The zero-order valence-corrected chi connectivity index (χ0v) is 18.9. The number of ether oxygens (including phenoxy) is 2. The number of rotatable bonds is 6. The zero-order chi connectivity index (χ0) is 24.4. The van der Waals surface area contributed by atoms with E-state index in [2.05, 4.69) is 20.3 Å². The maximum Gasteiger partial charge on any atom is 0.404 e. The van der Waals surface area contributed by atoms with Crippen LogP contribution in [-0.2, 0) is 4.74 Å². The molecule has 3 heterocycles. The van der Waals surface area contributed by atoms with Crippen molar-refractivity contribution in [2.75, 3.05) is 31.2 Å². The number of carboxylic acid groups (broad SMARTS) is 1. The van der Waals surface area contributed by atoms with Crippen LogP contribution in [0.1, 0.15) is 37.9 Å². The lowest BCUT2D eigenvalue weighted by Gasteiger charge is -2.30. The van der Waals surface area contributed by atoms with Gasteiger partial charge in [-0.25, -0.2) is 18.6 Å². The molecule has 0 radical (unpaired) electrons. The fourth-order valence-corrected chi connectivity index (χ4v) is 4.58. The molecule has 186 valence electrons. The lowest BCUT2D eigenvalue weighted by atomic mass is 9.93. The van der Waals surface area contributed by atoms with Crippen LogP contribution in [0.5, 0.6) is 5.88 Å². The molecule has 1 saturated carbocycles. The normalized spacial score (nSPS) is 20.8. The fourth-order valence-electron chi connectivity index (χ4n) is 4.58. The summed E-state index contributed by atoms with van der Waals surface area (Å²) in [6.07, 6.45) is -1.42. The van der Waals surface area contributed by atoms with Crippen molar-refractivity contribution in [3.8, 4) is 11.7 Å². The highest BCUT2D eigenvalue weighted by molar-refractivity contribution is 5.78. The van der Waals surface area contributed by atoms with E-state index < -0.39 is 18.3 Å². The van der Waals surface area contributed by atoms with Crippen LogP contribution in [-0.4, -0.2) is 69.2 Å². The molecule has 1 aliphatic carbocycles. The molecule has 1 aliphatic heterocycles. The molecule has 12 heteroatoms. The summed E-state index contributed by atoms with van der Waals surface area (Å²) in [5, 5.41) is 11.5. The van der Waals surface area contributed by atoms with Crippen molar-refractivity contribution in [2.24, 2.45) is 0 Å². The van der Waals surface area contributed by atoms with Crippen LogP contribution < -0.4 is 15.0 Å². The molecule has 3 aromatic rings. The van der Waals surface area contributed by atoms with Crippen LogP contribution in [0.3, 0.4) is 0 Å². The Labute approximate surface area is 199 Å². The molecule has 1 saturated heterocycles. The molecule has 1 amide bonds. The van der Waals surface area contributed by atoms with Gasteiger partial charge in [-0.3, -0.25) is 4.57 Å². The molecule has 2 N–H and O–H groups in total. The average molecular weight is 488 g/mol. The number of morpholine rings is 1. The first-order chi connectivity index (χ1) is 17.0. The molecule has 0 bridgehead atoms. The smallest absolute Gasteiger partial charge is 0.404 e. The van der Waals surface area contributed by atoms with Gasteiger partial charge < -0.3 is 24.8 Å². The molecule has 0 unspecified atom stereocenters. The number of fused-ring (bicyclic) bond motifs is 1. The molecule has 2 fully saturated rings. The Hall–Kier alpha value is -3.54. The molecular weight excluding hydrogens is 462 g/mol. The standard InChI is InChI=1S/C23H26F2N6O4/c24-20(25)21-27-16-3-1-2-4-17(16)31(21)18-13-19(29-22(28-18)30-9-11-34-12-10-30)35-15-7-5-14(6-8-15)26-23(32)33/h1-4,13-15,20,26H,5-12H2,(H,32,33)/t14-,15-. The van der Waals surface area contributed by atoms with Gasteiger partial charge in [0.15, 0.2) is 5.82 Å². The predicted molar refractivity (Wildman–Crippen MR) is 122 cm³/mol. The minimum Gasteiger partial charge on any atom is -0.474 e. The SMILES string of the molecule is O=C(O)N[C@H]1CC[C@H](Oc2cc(-n3c(C(F)F)nc4ccccc43)nc(N3CCOCC3)n2)CC1. The van der Waals surface area contributed by atoms with Gasteiger partial charge in [-0.15, -0.1) is 0 Å². The van der Waals surface area contributed by atoms with Gasteiger partial charge in [0, 0.05) is 25.2 Å². The number of nitrogens with one attached hydrogen (secondary N) is 1. The minimum absolute atomic E-state index is 0.108. The number of aromatic nitrogens is 4. The molecule has 2 aromatic heterocycles. The first kappa shape index (κ1) is 23.2. The predicted octanol–water partition coefficient (Wildman–Crippen LogP) is 3.55. The van der Waals surface area contributed by atoms with Crippen molar-refractivity contribution in [1.82, 2.24) is 24.8 Å². The molecule has 35 heavy (non-hydrogen) atoms. The number of amides is 1. The Morgan fingerprint density at radius 1 is 1.11 bits per heavy atom. The second-order valence-electron chi connectivity index (χ2n) is 8.60. The summed E-state index contributed by atoms with van der Waals surface area (Å²) >= 11 is 0. The third-order valence-electron chi connectivity index (χ3n) is 6.27. The number of carbonyl (C=O) groups is 1. The van der Waals surface area contributed by atoms with Gasteiger partial charge >= 0.3 is 6.09 Å². The van der Waals surface area contributed by atoms with Crippen LogP contribution in [0.15, 0.2) is 30.3 Å². The number of alkyl halides is 2. The van der Waals surface area contributed by atoms with Crippen LogP contribution in [0, 0.1) is 0 Å². The summed E-state index contributed by atoms with van der Waals surface area (Å²) in [6.45, 7) is 2.17. The van der Waals surface area contributed by atoms with Gasteiger partial charge in [0.05, 0.1) is 24.2 Å². The van der Waals surface area contributed by atoms with Gasteiger partial charge in [0.25, 0.3) is 6.43 Å². The number of halogens is 2. The van der Waals surface area contributed by atoms with E-state index in [1.807, 2.05) is 4.90 Å². The average Bonchev–Trinajstić information content (AvgIpc) is 3.25. The highest BCUT2D eigenvalue weighted by atomic mass is 19.3. The van der Waals surface area contributed by atoms with Crippen LogP contribution in [0.2, 0.25) is 0 Å². The minimum atomic E-state index is -2.80. The summed E-state index contributed by atoms with van der Waals surface area (Å²) in [5.74, 6) is 0.509. The maximum absolute atomic E-state index is 14.0. The van der Waals surface area contributed by atoms with Crippen molar-refractivity contribution in [3.05, 3.63) is 36.2 Å². The monoisotopic (exact) mass is 488 g/mol. The second kappa shape index (κ2) is 9.98. The van der Waals surface area contributed by atoms with Crippen molar-refractivity contribution in [2.45, 2.75) is 44.3 Å². The van der Waals surface area contributed by atoms with Crippen LogP contribution in [0.4, 0.5) is 19.5 Å². The van der Waals surface area contributed by atoms with E-state index in [1.54, 1.807) is 30.3 Å². The summed E-state index contributed by atoms with van der Waals surface area (Å²) in [5.41, 5.74) is 0.960. The first-order valence-corrected chi connectivity index (χ1v) is 11.6. The van der Waals surface area contributed by atoms with Crippen LogP contribution in [0.25, 0.3) is 16.9 Å². The van der Waals surface area contributed by atoms with E-state index >= 15 is 0 Å². The summed E-state index contributed by atoms with van der Waals surface area (Å²) in [4.78, 5) is 26.2. The summed E-state index contributed by atoms with van der Waals surface area (Å²) in [6, 6.07) is 8.37. The molecule has 0 atom stereocenters. The van der Waals surface area contributed by atoms with E-state index in [9.17, 15) is 13.6 Å². The lowest BCUT2D eigenvalue weighted by molar-refractivity contribution is 0.120. The van der Waals surface area contributed by atoms with Crippen LogP contribution >= 0.6 is 0 Å². The number of nitrogens with zero attached hydrogens (tertiary/aromatic N) is 5. The molecule has 5 rings (SSSR count). The molecular formula is C23H26F2N6O4. The largest absolute Gasteiger partial charge is 0.474 e.